The second-order valence-corrected chi connectivity index (χ2v) is 8.59. The Balaban J connectivity index is 1.55. The van der Waals surface area contributed by atoms with E-state index in [-0.39, 0.29) is 17.9 Å². The lowest BCUT2D eigenvalue weighted by atomic mass is 9.83. The molecule has 0 radical (unpaired) electrons. The van der Waals surface area contributed by atoms with Gasteiger partial charge in [-0.05, 0) is 55.9 Å². The standard InChI is InChI=1S/C24H23F3N6O2/c1-29-23(35)18-13-30-20(21-7-6-17-8-15(11-28)12-31-33(17)21)10-19(18)32-16-4-2-14(3-5-16)9-22(34)24(25,26)27/h6-8,10,12-14,16H,2-5,9H2,1H3,(H,29,35)(H,30,32). The number of nitriles is 1. The Hall–Kier alpha value is -3.94. The number of halogens is 3. The Labute approximate surface area is 199 Å². The van der Waals surface area contributed by atoms with Gasteiger partial charge in [0.15, 0.2) is 0 Å². The van der Waals surface area contributed by atoms with Crippen LogP contribution in [-0.2, 0) is 4.79 Å². The molecule has 35 heavy (non-hydrogen) atoms. The number of hydrogen-bond acceptors (Lipinski definition) is 6. The monoisotopic (exact) mass is 484 g/mol. The Morgan fingerprint density at radius 3 is 2.57 bits per heavy atom. The average Bonchev–Trinajstić information content (AvgIpc) is 3.27. The highest BCUT2D eigenvalue weighted by atomic mass is 19.4. The van der Waals surface area contributed by atoms with Crippen LogP contribution in [0.15, 0.2) is 36.7 Å². The van der Waals surface area contributed by atoms with E-state index < -0.39 is 18.4 Å². The summed E-state index contributed by atoms with van der Waals surface area (Å²) in [4.78, 5) is 28.2. The number of anilines is 1. The maximum atomic E-state index is 12.6. The van der Waals surface area contributed by atoms with Crippen LogP contribution in [0.4, 0.5) is 18.9 Å². The van der Waals surface area contributed by atoms with E-state index in [4.69, 9.17) is 5.26 Å². The van der Waals surface area contributed by atoms with Crippen LogP contribution in [0, 0.1) is 17.2 Å². The number of carbonyl (C=O) groups is 2. The zero-order valence-corrected chi connectivity index (χ0v) is 18.9. The number of nitrogens with zero attached hydrogens (tertiary/aromatic N) is 4. The molecule has 11 heteroatoms. The van der Waals surface area contributed by atoms with Crippen molar-refractivity contribution in [3.63, 3.8) is 0 Å². The number of nitrogens with one attached hydrogen (secondary N) is 2. The number of hydrogen-bond donors (Lipinski definition) is 2. The van der Waals surface area contributed by atoms with Crippen molar-refractivity contribution in [1.82, 2.24) is 19.9 Å². The molecule has 0 unspecified atom stereocenters. The highest BCUT2D eigenvalue weighted by Gasteiger charge is 2.39. The first-order chi connectivity index (χ1) is 16.7. The van der Waals surface area contributed by atoms with Gasteiger partial charge < -0.3 is 10.6 Å². The van der Waals surface area contributed by atoms with Crippen molar-refractivity contribution in [2.45, 2.75) is 44.3 Å². The third-order valence-electron chi connectivity index (χ3n) is 6.26. The van der Waals surface area contributed by atoms with Crippen molar-refractivity contribution in [1.29, 1.82) is 5.26 Å². The van der Waals surface area contributed by atoms with Crippen LogP contribution < -0.4 is 10.6 Å². The van der Waals surface area contributed by atoms with Crippen LogP contribution in [0.5, 0.6) is 0 Å². The Bertz CT molecular complexity index is 1300. The Morgan fingerprint density at radius 2 is 1.91 bits per heavy atom. The molecule has 2 N–H and O–H groups in total. The predicted octanol–water partition coefficient (Wildman–Crippen LogP) is 4.12. The van der Waals surface area contributed by atoms with Gasteiger partial charge >= 0.3 is 6.18 Å². The smallest absolute Gasteiger partial charge is 0.382 e. The molecular weight excluding hydrogens is 461 g/mol. The summed E-state index contributed by atoms with van der Waals surface area (Å²) in [5.74, 6) is -2.30. The van der Waals surface area contributed by atoms with Crippen molar-refractivity contribution in [3.8, 4) is 17.5 Å². The molecule has 8 nitrogen and oxygen atoms in total. The molecular formula is C24H23F3N6O2. The number of carbonyl (C=O) groups excluding carboxylic acids is 2. The van der Waals surface area contributed by atoms with E-state index in [1.807, 2.05) is 18.2 Å². The molecule has 0 aromatic carbocycles. The lowest BCUT2D eigenvalue weighted by Crippen LogP contribution is -2.31. The zero-order chi connectivity index (χ0) is 25.2. The fourth-order valence-corrected chi connectivity index (χ4v) is 4.39. The van der Waals surface area contributed by atoms with Crippen molar-refractivity contribution < 1.29 is 22.8 Å². The normalized spacial score (nSPS) is 18.1. The molecule has 0 aliphatic heterocycles. The number of fused-ring (bicyclic) bond motifs is 1. The van der Waals surface area contributed by atoms with Gasteiger partial charge in [0.2, 0.25) is 5.78 Å². The van der Waals surface area contributed by atoms with E-state index in [1.165, 1.54) is 19.4 Å². The van der Waals surface area contributed by atoms with E-state index in [0.717, 1.165) is 5.52 Å². The van der Waals surface area contributed by atoms with Gasteiger partial charge in [-0.15, -0.1) is 0 Å². The number of amides is 1. The van der Waals surface area contributed by atoms with Gasteiger partial charge in [0, 0.05) is 25.7 Å². The third kappa shape index (κ3) is 5.26. The number of Topliss-reactive ketones (excluding diaryl/α,β-unsaturated/α-hetero) is 1. The number of pyridine rings is 1. The van der Waals surface area contributed by atoms with E-state index >= 15 is 0 Å². The Kier molecular flexibility index (Phi) is 6.73. The summed E-state index contributed by atoms with van der Waals surface area (Å²) in [6.07, 6.45) is -0.230. The average molecular weight is 484 g/mol. The van der Waals surface area contributed by atoms with Gasteiger partial charge in [0.25, 0.3) is 5.91 Å². The van der Waals surface area contributed by atoms with Crippen LogP contribution >= 0.6 is 0 Å². The van der Waals surface area contributed by atoms with E-state index in [0.29, 0.717) is 53.9 Å². The van der Waals surface area contributed by atoms with Crippen molar-refractivity contribution in [3.05, 3.63) is 47.8 Å². The molecule has 0 bridgehead atoms. The molecule has 0 spiro atoms. The summed E-state index contributed by atoms with van der Waals surface area (Å²) in [5, 5.41) is 19.3. The van der Waals surface area contributed by atoms with Gasteiger partial charge in [-0.2, -0.15) is 23.5 Å². The number of alkyl halides is 3. The topological polar surface area (TPSA) is 112 Å². The van der Waals surface area contributed by atoms with Gasteiger partial charge in [-0.3, -0.25) is 14.6 Å². The van der Waals surface area contributed by atoms with Crippen LogP contribution in [0.2, 0.25) is 0 Å². The first-order valence-electron chi connectivity index (χ1n) is 11.2. The molecule has 3 heterocycles. The van der Waals surface area contributed by atoms with Gasteiger partial charge in [0.05, 0.1) is 39.9 Å². The maximum absolute atomic E-state index is 12.6. The van der Waals surface area contributed by atoms with Crippen molar-refractivity contribution >= 4 is 22.9 Å². The molecule has 1 aliphatic rings. The van der Waals surface area contributed by atoms with E-state index in [1.54, 1.807) is 16.6 Å². The van der Waals surface area contributed by atoms with Gasteiger partial charge in [0.1, 0.15) is 6.07 Å². The van der Waals surface area contributed by atoms with Crippen molar-refractivity contribution in [2.24, 2.45) is 5.92 Å². The SMILES string of the molecule is CNC(=O)c1cnc(-c2ccc3cc(C#N)cnn23)cc1NC1CCC(CC(=O)C(F)(F)F)CC1. The second-order valence-electron chi connectivity index (χ2n) is 8.59. The largest absolute Gasteiger partial charge is 0.449 e. The van der Waals surface area contributed by atoms with Gasteiger partial charge in [-0.1, -0.05) is 0 Å². The third-order valence-corrected chi connectivity index (χ3v) is 6.26. The molecule has 4 rings (SSSR count). The fraction of sp³-hybridized carbons (Fsp3) is 0.375. The fourth-order valence-electron chi connectivity index (χ4n) is 4.39. The second kappa shape index (κ2) is 9.74. The maximum Gasteiger partial charge on any atom is 0.449 e. The summed E-state index contributed by atoms with van der Waals surface area (Å²) < 4.78 is 39.4. The molecule has 1 aliphatic carbocycles. The highest BCUT2D eigenvalue weighted by Crippen LogP contribution is 2.33. The lowest BCUT2D eigenvalue weighted by molar-refractivity contribution is -0.172. The number of ketones is 1. The van der Waals surface area contributed by atoms with Crippen LogP contribution in [0.25, 0.3) is 16.9 Å². The summed E-state index contributed by atoms with van der Waals surface area (Å²) in [7, 11) is 1.51. The van der Waals surface area contributed by atoms with Crippen LogP contribution in [0.3, 0.4) is 0 Å². The molecule has 1 saturated carbocycles. The van der Waals surface area contributed by atoms with E-state index in [2.05, 4.69) is 20.7 Å². The molecule has 182 valence electrons. The number of aromatic nitrogens is 3. The molecule has 3 aromatic heterocycles. The quantitative estimate of drug-likeness (QED) is 0.544. The summed E-state index contributed by atoms with van der Waals surface area (Å²) in [6, 6.07) is 9.06. The molecule has 0 atom stereocenters. The molecule has 1 amide bonds. The van der Waals surface area contributed by atoms with Crippen molar-refractivity contribution in [2.75, 3.05) is 12.4 Å². The summed E-state index contributed by atoms with van der Waals surface area (Å²) >= 11 is 0. The van der Waals surface area contributed by atoms with Gasteiger partial charge in [-0.25, -0.2) is 4.52 Å². The Morgan fingerprint density at radius 1 is 1.17 bits per heavy atom. The predicted molar refractivity (Wildman–Crippen MR) is 122 cm³/mol. The lowest BCUT2D eigenvalue weighted by Gasteiger charge is -2.30. The summed E-state index contributed by atoms with van der Waals surface area (Å²) in [5.41, 5.74) is 3.27. The van der Waals surface area contributed by atoms with Crippen LogP contribution in [0.1, 0.15) is 48.0 Å². The molecule has 1 fully saturated rings. The first kappa shape index (κ1) is 24.2. The highest BCUT2D eigenvalue weighted by molar-refractivity contribution is 5.99. The number of rotatable bonds is 6. The zero-order valence-electron chi connectivity index (χ0n) is 18.9. The minimum absolute atomic E-state index is 0.0636. The first-order valence-corrected chi connectivity index (χ1v) is 11.2. The minimum Gasteiger partial charge on any atom is -0.382 e. The molecule has 3 aromatic rings. The molecule has 0 saturated heterocycles. The summed E-state index contributed by atoms with van der Waals surface area (Å²) in [6.45, 7) is 0. The minimum atomic E-state index is -4.79. The van der Waals surface area contributed by atoms with Crippen LogP contribution in [-0.4, -0.2) is 45.6 Å². The van der Waals surface area contributed by atoms with E-state index in [9.17, 15) is 22.8 Å².